The van der Waals surface area contributed by atoms with Gasteiger partial charge in [-0.2, -0.15) is 0 Å². The highest BCUT2D eigenvalue weighted by Crippen LogP contribution is 2.34. The normalized spacial score (nSPS) is 11.2. The number of pyridine rings is 1. The Morgan fingerprint density at radius 1 is 1.37 bits per heavy atom. The van der Waals surface area contributed by atoms with Gasteiger partial charge in [0, 0.05) is 10.8 Å². The van der Waals surface area contributed by atoms with Gasteiger partial charge in [-0.3, -0.25) is 4.79 Å². The molecule has 0 atom stereocenters. The fraction of sp³-hybridized carbons (Fsp3) is 0.143. The topological polar surface area (TPSA) is 82.0 Å². The lowest BCUT2D eigenvalue weighted by Gasteiger charge is -2.01. The molecule has 3 aromatic rings. The van der Waals surface area contributed by atoms with Crippen molar-refractivity contribution in [3.8, 4) is 0 Å². The summed E-state index contributed by atoms with van der Waals surface area (Å²) in [6, 6.07) is 8.14. The minimum Gasteiger partial charge on any atom is -0.397 e. The molecule has 0 unspecified atom stereocenters. The summed E-state index contributed by atoms with van der Waals surface area (Å²) in [5, 5.41) is 1.84. The first-order valence-electron chi connectivity index (χ1n) is 6.01. The summed E-state index contributed by atoms with van der Waals surface area (Å²) in [5.74, 6) is -0.501. The predicted molar refractivity (Wildman–Crippen MR) is 79.4 cm³/mol. The van der Waals surface area contributed by atoms with Crippen molar-refractivity contribution < 1.29 is 4.79 Å². The van der Waals surface area contributed by atoms with E-state index in [-0.39, 0.29) is 0 Å². The number of nitrogens with zero attached hydrogens (tertiary/aromatic N) is 1. The van der Waals surface area contributed by atoms with E-state index < -0.39 is 5.91 Å². The number of carbonyl (C=O) groups is 1. The largest absolute Gasteiger partial charge is 0.397 e. The van der Waals surface area contributed by atoms with Crippen molar-refractivity contribution in [3.05, 3.63) is 34.7 Å². The van der Waals surface area contributed by atoms with Crippen LogP contribution in [0.2, 0.25) is 0 Å². The van der Waals surface area contributed by atoms with Crippen LogP contribution in [-0.2, 0) is 6.42 Å². The third kappa shape index (κ3) is 1.82. The second-order valence-electron chi connectivity index (χ2n) is 4.43. The first-order valence-corrected chi connectivity index (χ1v) is 6.83. The number of rotatable bonds is 2. The van der Waals surface area contributed by atoms with Crippen molar-refractivity contribution in [1.82, 2.24) is 4.98 Å². The van der Waals surface area contributed by atoms with Gasteiger partial charge in [0.05, 0.1) is 11.2 Å². The molecule has 0 aliphatic carbocycles. The molecule has 4 N–H and O–H groups in total. The van der Waals surface area contributed by atoms with Gasteiger partial charge in [-0.25, -0.2) is 4.98 Å². The van der Waals surface area contributed by atoms with Gasteiger partial charge < -0.3 is 11.5 Å². The van der Waals surface area contributed by atoms with E-state index in [0.717, 1.165) is 27.5 Å². The number of aryl methyl sites for hydroxylation is 1. The molecular formula is C14H13N3OS. The zero-order valence-electron chi connectivity index (χ0n) is 10.4. The van der Waals surface area contributed by atoms with E-state index in [2.05, 4.69) is 24.0 Å². The standard InChI is InChI=1S/C14H13N3OS/c1-2-7-3-4-10-8(5-7)6-9-11(15)12(13(16)18)19-14(9)17-10/h3-6H,2,15H2,1H3,(H2,16,18). The molecule has 5 heteroatoms. The molecule has 0 bridgehead atoms. The molecule has 2 aromatic heterocycles. The number of anilines is 1. The number of hydrogen-bond acceptors (Lipinski definition) is 4. The van der Waals surface area contributed by atoms with E-state index in [1.54, 1.807) is 0 Å². The third-order valence-corrected chi connectivity index (χ3v) is 4.34. The molecule has 3 rings (SSSR count). The summed E-state index contributed by atoms with van der Waals surface area (Å²) in [6.45, 7) is 2.11. The molecule has 19 heavy (non-hydrogen) atoms. The van der Waals surface area contributed by atoms with Crippen LogP contribution in [0.15, 0.2) is 24.3 Å². The lowest BCUT2D eigenvalue weighted by atomic mass is 10.1. The first kappa shape index (κ1) is 11.9. The Labute approximate surface area is 114 Å². The summed E-state index contributed by atoms with van der Waals surface area (Å²) in [4.78, 5) is 17.0. The van der Waals surface area contributed by atoms with Gasteiger partial charge in [-0.15, -0.1) is 11.3 Å². The van der Waals surface area contributed by atoms with Crippen molar-refractivity contribution in [2.45, 2.75) is 13.3 Å². The van der Waals surface area contributed by atoms with Crippen LogP contribution in [-0.4, -0.2) is 10.9 Å². The molecule has 0 aliphatic rings. The Hall–Kier alpha value is -2.14. The van der Waals surface area contributed by atoms with Crippen molar-refractivity contribution in [1.29, 1.82) is 0 Å². The van der Waals surface area contributed by atoms with E-state index in [9.17, 15) is 4.79 Å². The number of primary amides is 1. The van der Waals surface area contributed by atoms with E-state index in [1.165, 1.54) is 16.9 Å². The van der Waals surface area contributed by atoms with Gasteiger partial charge >= 0.3 is 0 Å². The lowest BCUT2D eigenvalue weighted by Crippen LogP contribution is -2.10. The number of amides is 1. The Bertz CT molecular complexity index is 807. The highest BCUT2D eigenvalue weighted by Gasteiger charge is 2.15. The zero-order chi connectivity index (χ0) is 13.6. The monoisotopic (exact) mass is 271 g/mol. The van der Waals surface area contributed by atoms with Gasteiger partial charge in [-0.05, 0) is 30.2 Å². The quantitative estimate of drug-likeness (QED) is 0.751. The molecule has 0 fully saturated rings. The fourth-order valence-corrected chi connectivity index (χ4v) is 3.09. The molecule has 0 saturated carbocycles. The Balaban J connectivity index is 2.35. The molecule has 0 aliphatic heterocycles. The van der Waals surface area contributed by atoms with Gasteiger partial charge in [0.25, 0.3) is 5.91 Å². The molecular weight excluding hydrogens is 258 g/mol. The van der Waals surface area contributed by atoms with E-state index in [1.807, 2.05) is 12.1 Å². The molecule has 2 heterocycles. The van der Waals surface area contributed by atoms with Gasteiger partial charge in [0.1, 0.15) is 9.71 Å². The number of hydrogen-bond donors (Lipinski definition) is 2. The number of fused-ring (bicyclic) bond motifs is 2. The van der Waals surface area contributed by atoms with E-state index in [0.29, 0.717) is 10.6 Å². The van der Waals surface area contributed by atoms with E-state index >= 15 is 0 Å². The zero-order valence-corrected chi connectivity index (χ0v) is 11.3. The molecule has 0 radical (unpaired) electrons. The Morgan fingerprint density at radius 3 is 2.84 bits per heavy atom. The predicted octanol–water partition coefficient (Wildman–Crippen LogP) is 2.69. The second-order valence-corrected chi connectivity index (χ2v) is 5.43. The van der Waals surface area contributed by atoms with Crippen LogP contribution in [0.25, 0.3) is 21.1 Å². The van der Waals surface area contributed by atoms with Gasteiger partial charge in [-0.1, -0.05) is 13.0 Å². The number of nitrogens with two attached hydrogens (primary N) is 2. The number of aromatic nitrogens is 1. The first-order chi connectivity index (χ1) is 9.10. The molecule has 0 saturated heterocycles. The van der Waals surface area contributed by atoms with Gasteiger partial charge in [0.2, 0.25) is 0 Å². The van der Waals surface area contributed by atoms with E-state index in [4.69, 9.17) is 11.5 Å². The number of benzene rings is 1. The fourth-order valence-electron chi connectivity index (χ4n) is 2.16. The molecule has 4 nitrogen and oxygen atoms in total. The summed E-state index contributed by atoms with van der Waals surface area (Å²) >= 11 is 1.25. The molecule has 96 valence electrons. The maximum Gasteiger partial charge on any atom is 0.260 e. The smallest absolute Gasteiger partial charge is 0.260 e. The van der Waals surface area contributed by atoms with Crippen LogP contribution in [0.4, 0.5) is 5.69 Å². The Kier molecular flexibility index (Phi) is 2.64. The third-order valence-electron chi connectivity index (χ3n) is 3.21. The number of thiophene rings is 1. The van der Waals surface area contributed by atoms with Crippen LogP contribution in [0, 0.1) is 0 Å². The van der Waals surface area contributed by atoms with Crippen molar-refractivity contribution in [2.24, 2.45) is 5.73 Å². The molecule has 1 amide bonds. The van der Waals surface area contributed by atoms with Crippen LogP contribution in [0.5, 0.6) is 0 Å². The SMILES string of the molecule is CCc1ccc2nc3sc(C(N)=O)c(N)c3cc2c1. The lowest BCUT2D eigenvalue weighted by molar-refractivity contribution is 0.100. The van der Waals surface area contributed by atoms with Crippen LogP contribution >= 0.6 is 11.3 Å². The highest BCUT2D eigenvalue weighted by molar-refractivity contribution is 7.21. The maximum atomic E-state index is 11.3. The summed E-state index contributed by atoms with van der Waals surface area (Å²) in [5.41, 5.74) is 13.9. The van der Waals surface area contributed by atoms with Crippen molar-refractivity contribution in [2.75, 3.05) is 5.73 Å². The highest BCUT2D eigenvalue weighted by atomic mass is 32.1. The van der Waals surface area contributed by atoms with Crippen molar-refractivity contribution in [3.63, 3.8) is 0 Å². The van der Waals surface area contributed by atoms with Crippen molar-refractivity contribution >= 4 is 44.1 Å². The maximum absolute atomic E-state index is 11.3. The number of carbonyl (C=O) groups excluding carboxylic acids is 1. The minimum absolute atomic E-state index is 0.383. The molecule has 0 spiro atoms. The van der Waals surface area contributed by atoms with Gasteiger partial charge in [0.15, 0.2) is 0 Å². The van der Waals surface area contributed by atoms with Crippen LogP contribution in [0.3, 0.4) is 0 Å². The van der Waals surface area contributed by atoms with Crippen LogP contribution < -0.4 is 11.5 Å². The summed E-state index contributed by atoms with van der Waals surface area (Å²) < 4.78 is 0. The summed E-state index contributed by atoms with van der Waals surface area (Å²) in [6.07, 6.45) is 0.972. The number of nitrogen functional groups attached to an aromatic ring is 1. The minimum atomic E-state index is -0.501. The summed E-state index contributed by atoms with van der Waals surface area (Å²) in [7, 11) is 0. The second kappa shape index (κ2) is 4.20. The van der Waals surface area contributed by atoms with Crippen LogP contribution in [0.1, 0.15) is 22.2 Å². The Morgan fingerprint density at radius 2 is 2.16 bits per heavy atom. The average Bonchev–Trinajstić information content (AvgIpc) is 2.73. The average molecular weight is 271 g/mol. The molecule has 1 aromatic carbocycles.